The van der Waals surface area contributed by atoms with Crippen molar-refractivity contribution >= 4 is 82.5 Å². The number of hydrogen-bond donors (Lipinski definition) is 4. The minimum atomic E-state index is -0.249. The maximum atomic E-state index is 9.55. The Morgan fingerprint density at radius 3 is 1.27 bits per heavy atom. The maximum Gasteiger partial charge on any atom is 0.214 e. The van der Waals surface area contributed by atoms with E-state index in [2.05, 4.69) is 88.5 Å². The van der Waals surface area contributed by atoms with E-state index >= 15 is 0 Å². The van der Waals surface area contributed by atoms with Crippen LogP contribution in [0, 0.1) is 0 Å². The average molecular weight is 1020 g/mol. The lowest BCUT2D eigenvalue weighted by Gasteiger charge is -2.15. The number of aromatic amines is 2. The number of rotatable bonds is 20. The molecule has 0 aliphatic rings. The van der Waals surface area contributed by atoms with Gasteiger partial charge in [-0.25, -0.2) is 9.97 Å². The minimum Gasteiger partial charge on any atom is -0.482 e. The largest absolute Gasteiger partial charge is 0.482 e. The first kappa shape index (κ1) is 54.5. The molecule has 16 nitrogen and oxygen atoms in total. The zero-order valence-electron chi connectivity index (χ0n) is 37.7. The number of tetrazole rings is 2. The van der Waals surface area contributed by atoms with Gasteiger partial charge in [0.05, 0.1) is 34.3 Å². The number of nitrogens with one attached hydrogen (secondary N) is 2. The first-order valence-corrected chi connectivity index (χ1v) is 22.6. The maximum absolute atomic E-state index is 9.55. The third kappa shape index (κ3) is 13.1. The van der Waals surface area contributed by atoms with Gasteiger partial charge >= 0.3 is 0 Å². The Kier molecular flexibility index (Phi) is 21.5. The normalized spacial score (nSPS) is 11.8. The number of fused-ring (bicyclic) bond motifs is 2. The molecular weight excluding hydrogens is 962 g/mol. The number of nitrogens with zero attached hydrogens (tertiary/aromatic N) is 10. The molecule has 0 saturated carbocycles. The topological polar surface area (TPSA) is 203 Å². The summed E-state index contributed by atoms with van der Waals surface area (Å²) in [4.78, 5) is 9.65. The summed E-state index contributed by atoms with van der Waals surface area (Å²) >= 11 is 13.0. The lowest BCUT2D eigenvalue weighted by molar-refractivity contribution is 0.191. The highest BCUT2D eigenvalue weighted by Gasteiger charge is 2.20. The second-order valence-corrected chi connectivity index (χ2v) is 16.2. The molecule has 0 fully saturated rings. The molecule has 0 radical (unpaired) electrons. The monoisotopic (exact) mass is 1020 g/mol. The van der Waals surface area contributed by atoms with Gasteiger partial charge in [0.1, 0.15) is 34.2 Å². The summed E-state index contributed by atoms with van der Waals surface area (Å²) in [7, 11) is 0. The molecule has 4 heterocycles. The van der Waals surface area contributed by atoms with E-state index in [1.165, 1.54) is 0 Å². The van der Waals surface area contributed by atoms with Crippen molar-refractivity contribution in [2.24, 2.45) is 0 Å². The number of imidazole rings is 2. The minimum absolute atomic E-state index is 0. The van der Waals surface area contributed by atoms with Crippen molar-refractivity contribution in [1.29, 1.82) is 0 Å². The number of aliphatic hydroxyl groups is 2. The van der Waals surface area contributed by atoms with Gasteiger partial charge in [-0.2, -0.15) is 10.4 Å². The fourth-order valence-corrected chi connectivity index (χ4v) is 7.96. The van der Waals surface area contributed by atoms with Gasteiger partial charge in [0.2, 0.25) is 11.6 Å². The van der Waals surface area contributed by atoms with Crippen LogP contribution >= 0.6 is 60.4 Å². The van der Waals surface area contributed by atoms with Crippen LogP contribution in [0.15, 0.2) is 72.8 Å². The average Bonchev–Trinajstić information content (AvgIpc) is 4.17. The zero-order valence-corrected chi connectivity index (χ0v) is 41.7. The SMILES string of the molecule is CCCCc1nc2c(Cl)c(CO)ccc2n1Cc1ccc(OC(CC)c2nn[nH]n2)cc1.CCCCc1nc2c(Cl)c(CO)ccc2n1Cc1ccc(OC(CC)c2nn[nH]n2)cc1.Cl.Cl.Cl. The molecule has 360 valence electrons. The van der Waals surface area contributed by atoms with Crippen molar-refractivity contribution in [3.05, 3.63) is 128 Å². The number of aliphatic hydroxyl groups excluding tert-OH is 2. The molecule has 0 aliphatic carbocycles. The van der Waals surface area contributed by atoms with Crippen LogP contribution in [0.5, 0.6) is 11.5 Å². The number of aryl methyl sites for hydroxylation is 2. The van der Waals surface area contributed by atoms with Gasteiger partial charge in [0, 0.05) is 25.9 Å². The highest BCUT2D eigenvalue weighted by molar-refractivity contribution is 6.36. The number of unbranched alkanes of at least 4 members (excludes halogenated alkanes) is 2. The Labute approximate surface area is 417 Å². The molecule has 8 aromatic rings. The molecule has 2 unspecified atom stereocenters. The molecule has 4 N–H and O–H groups in total. The summed E-state index contributed by atoms with van der Waals surface area (Å²) in [6, 6.07) is 23.8. The fourth-order valence-electron chi connectivity index (χ4n) is 7.44. The summed E-state index contributed by atoms with van der Waals surface area (Å²) in [6.07, 6.45) is 7.00. The first-order valence-electron chi connectivity index (χ1n) is 21.8. The van der Waals surface area contributed by atoms with E-state index in [1.807, 2.05) is 62.4 Å². The molecular formula is C46H57Cl5N12O4. The predicted octanol–water partition coefficient (Wildman–Crippen LogP) is 10.5. The van der Waals surface area contributed by atoms with Gasteiger partial charge in [0.15, 0.2) is 12.2 Å². The van der Waals surface area contributed by atoms with Crippen LogP contribution < -0.4 is 9.47 Å². The van der Waals surface area contributed by atoms with Crippen LogP contribution in [-0.4, -0.2) is 70.6 Å². The predicted molar refractivity (Wildman–Crippen MR) is 267 cm³/mol. The van der Waals surface area contributed by atoms with Gasteiger partial charge in [-0.3, -0.25) is 0 Å². The standard InChI is InChI=1S/2C23H27ClN6O2.3ClH/c2*1-3-5-6-20-25-22-18(12-9-16(14-31)21(22)24)30(20)13-15-7-10-17(11-8-15)32-19(4-2)23-26-28-29-27-23;;;/h2*7-12,19,31H,3-6,13-14H2,1-2H3,(H,26,27,28,29);3*1H. The van der Waals surface area contributed by atoms with Gasteiger partial charge in [-0.15, -0.1) is 57.6 Å². The van der Waals surface area contributed by atoms with Crippen molar-refractivity contribution < 1.29 is 19.7 Å². The molecule has 0 spiro atoms. The molecule has 0 saturated heterocycles. The van der Waals surface area contributed by atoms with Gasteiger partial charge < -0.3 is 28.8 Å². The third-order valence-electron chi connectivity index (χ3n) is 11.0. The molecule has 2 atom stereocenters. The summed E-state index contributed by atoms with van der Waals surface area (Å²) < 4.78 is 16.5. The quantitative estimate of drug-likeness (QED) is 0.0563. The van der Waals surface area contributed by atoms with E-state index in [1.54, 1.807) is 0 Å². The molecule has 0 amide bonds. The molecule has 0 bridgehead atoms. The second-order valence-electron chi connectivity index (χ2n) is 15.4. The first-order chi connectivity index (χ1) is 31.3. The van der Waals surface area contributed by atoms with Crippen LogP contribution in [0.1, 0.15) is 124 Å². The van der Waals surface area contributed by atoms with Gasteiger partial charge in [-0.05, 0) is 84.3 Å². The van der Waals surface area contributed by atoms with E-state index in [0.717, 1.165) is 108 Å². The Morgan fingerprint density at radius 1 is 0.567 bits per heavy atom. The fraction of sp³-hybridized carbons (Fsp3) is 0.391. The molecule has 21 heteroatoms. The molecule has 4 aromatic carbocycles. The van der Waals surface area contributed by atoms with Gasteiger partial charge in [0.25, 0.3) is 0 Å². The summed E-state index contributed by atoms with van der Waals surface area (Å²) in [6.45, 7) is 9.52. The number of hydrogen-bond acceptors (Lipinski definition) is 12. The number of ether oxygens (including phenoxy) is 2. The smallest absolute Gasteiger partial charge is 0.214 e. The summed E-state index contributed by atoms with van der Waals surface area (Å²) in [5.41, 5.74) is 7.08. The third-order valence-corrected chi connectivity index (χ3v) is 11.9. The van der Waals surface area contributed by atoms with Crippen LogP contribution in [0.3, 0.4) is 0 Å². The Hall–Kier alpha value is -5.07. The van der Waals surface area contributed by atoms with Gasteiger partial charge in [-0.1, -0.05) is 111 Å². The van der Waals surface area contributed by atoms with Crippen LogP contribution in [0.2, 0.25) is 10.0 Å². The number of benzene rings is 4. The van der Waals surface area contributed by atoms with Crippen molar-refractivity contribution in [1.82, 2.24) is 60.4 Å². The lowest BCUT2D eigenvalue weighted by Crippen LogP contribution is -2.09. The van der Waals surface area contributed by atoms with Crippen LogP contribution in [-0.2, 0) is 39.1 Å². The van der Waals surface area contributed by atoms with E-state index < -0.39 is 0 Å². The Balaban J connectivity index is 0.000000280. The number of halogens is 5. The Bertz CT molecular complexity index is 2510. The molecule has 8 rings (SSSR count). The van der Waals surface area contributed by atoms with Crippen LogP contribution in [0.4, 0.5) is 0 Å². The van der Waals surface area contributed by atoms with Crippen molar-refractivity contribution in [2.75, 3.05) is 0 Å². The lowest BCUT2D eigenvalue weighted by atomic mass is 10.2. The van der Waals surface area contributed by atoms with Crippen LogP contribution in [0.25, 0.3) is 22.1 Å². The van der Waals surface area contributed by atoms with Crippen molar-refractivity contribution in [3.63, 3.8) is 0 Å². The molecule has 67 heavy (non-hydrogen) atoms. The summed E-state index contributed by atoms with van der Waals surface area (Å²) in [5, 5.41) is 48.4. The van der Waals surface area contributed by atoms with E-state index in [9.17, 15) is 10.2 Å². The molecule has 4 aromatic heterocycles. The van der Waals surface area contributed by atoms with E-state index in [4.69, 9.17) is 42.6 Å². The zero-order chi connectivity index (χ0) is 45.0. The number of aromatic nitrogens is 12. The highest BCUT2D eigenvalue weighted by atomic mass is 35.5. The Morgan fingerprint density at radius 2 is 0.955 bits per heavy atom. The van der Waals surface area contributed by atoms with Crippen molar-refractivity contribution in [2.45, 2.75) is 118 Å². The second kappa shape index (κ2) is 26.5. The van der Waals surface area contributed by atoms with E-state index in [0.29, 0.717) is 45.9 Å². The highest BCUT2D eigenvalue weighted by Crippen LogP contribution is 2.32. The van der Waals surface area contributed by atoms with Crippen molar-refractivity contribution in [3.8, 4) is 11.5 Å². The molecule has 0 aliphatic heterocycles. The summed E-state index contributed by atoms with van der Waals surface area (Å²) in [5.74, 6) is 4.59. The van der Waals surface area contributed by atoms with E-state index in [-0.39, 0.29) is 62.6 Å². The number of H-pyrrole nitrogens is 2.